The number of hydrogen-bond acceptors (Lipinski definition) is 5. The van der Waals surface area contributed by atoms with Crippen LogP contribution in [-0.4, -0.2) is 73.4 Å². The van der Waals surface area contributed by atoms with E-state index >= 15 is 0 Å². The van der Waals surface area contributed by atoms with Crippen molar-refractivity contribution in [3.8, 4) is 0 Å². The minimum atomic E-state index is -0.0460. The summed E-state index contributed by atoms with van der Waals surface area (Å²) < 4.78 is 0. The SMILES string of the molecule is CCN1CCCC(CN(C)C(=O)c2cnc3c(c2)N(C)C(=O)CN3)C1. The number of likely N-dealkylation sites (N-methyl/N-ethyl adjacent to an activating group) is 1. The van der Waals surface area contributed by atoms with Gasteiger partial charge in [-0.25, -0.2) is 4.98 Å². The Morgan fingerprint density at radius 1 is 1.48 bits per heavy atom. The van der Waals surface area contributed by atoms with Crippen molar-refractivity contribution in [1.82, 2.24) is 14.8 Å². The average molecular weight is 345 g/mol. The number of nitrogens with one attached hydrogen (secondary N) is 1. The van der Waals surface area contributed by atoms with Gasteiger partial charge in [-0.05, 0) is 37.9 Å². The van der Waals surface area contributed by atoms with Gasteiger partial charge >= 0.3 is 0 Å². The highest BCUT2D eigenvalue weighted by molar-refractivity contribution is 6.03. The van der Waals surface area contributed by atoms with Gasteiger partial charge in [0, 0.05) is 33.4 Å². The van der Waals surface area contributed by atoms with Crippen molar-refractivity contribution in [2.75, 3.05) is 57.0 Å². The summed E-state index contributed by atoms with van der Waals surface area (Å²) in [6.45, 7) is 6.45. The molecule has 136 valence electrons. The molecule has 0 saturated carbocycles. The quantitative estimate of drug-likeness (QED) is 0.890. The number of rotatable bonds is 4. The van der Waals surface area contributed by atoms with Crippen LogP contribution in [0.3, 0.4) is 0 Å². The summed E-state index contributed by atoms with van der Waals surface area (Å²) in [5.74, 6) is 1.08. The third-order valence-electron chi connectivity index (χ3n) is 5.19. The van der Waals surface area contributed by atoms with Crippen LogP contribution in [0.5, 0.6) is 0 Å². The molecule has 3 rings (SSSR count). The minimum absolute atomic E-state index is 0.0332. The maximum atomic E-state index is 12.8. The molecule has 0 radical (unpaired) electrons. The maximum Gasteiger partial charge on any atom is 0.255 e. The number of hydrogen-bond donors (Lipinski definition) is 1. The number of carbonyl (C=O) groups is 2. The number of amides is 2. The molecule has 3 heterocycles. The Kier molecular flexibility index (Phi) is 5.22. The van der Waals surface area contributed by atoms with Crippen molar-refractivity contribution >= 4 is 23.3 Å². The van der Waals surface area contributed by atoms with E-state index in [0.29, 0.717) is 23.0 Å². The van der Waals surface area contributed by atoms with Gasteiger partial charge in [-0.1, -0.05) is 6.92 Å². The first-order valence-corrected chi connectivity index (χ1v) is 8.98. The third-order valence-corrected chi connectivity index (χ3v) is 5.19. The van der Waals surface area contributed by atoms with E-state index in [1.165, 1.54) is 6.42 Å². The minimum Gasteiger partial charge on any atom is -0.359 e. The van der Waals surface area contributed by atoms with Gasteiger partial charge < -0.3 is 20.0 Å². The molecule has 7 nitrogen and oxygen atoms in total. The first-order chi connectivity index (χ1) is 12.0. The predicted octanol–water partition coefficient (Wildman–Crippen LogP) is 1.27. The number of anilines is 2. The fraction of sp³-hybridized carbons (Fsp3) is 0.611. The first kappa shape index (κ1) is 17.7. The highest BCUT2D eigenvalue weighted by Crippen LogP contribution is 2.27. The molecule has 7 heteroatoms. The molecule has 1 aromatic heterocycles. The Morgan fingerprint density at radius 2 is 2.28 bits per heavy atom. The Bertz CT molecular complexity index is 663. The highest BCUT2D eigenvalue weighted by atomic mass is 16.2. The van der Waals surface area contributed by atoms with E-state index < -0.39 is 0 Å². The van der Waals surface area contributed by atoms with Crippen molar-refractivity contribution in [3.63, 3.8) is 0 Å². The molecular weight excluding hydrogens is 318 g/mol. The fourth-order valence-electron chi connectivity index (χ4n) is 3.65. The van der Waals surface area contributed by atoms with Crippen LogP contribution >= 0.6 is 0 Å². The zero-order valence-electron chi connectivity index (χ0n) is 15.3. The zero-order valence-corrected chi connectivity index (χ0v) is 15.3. The first-order valence-electron chi connectivity index (χ1n) is 8.98. The van der Waals surface area contributed by atoms with Crippen LogP contribution in [0.1, 0.15) is 30.1 Å². The topological polar surface area (TPSA) is 68.8 Å². The number of carbonyl (C=O) groups excluding carboxylic acids is 2. The molecule has 1 unspecified atom stereocenters. The van der Waals surface area contributed by atoms with Crippen LogP contribution in [-0.2, 0) is 4.79 Å². The van der Waals surface area contributed by atoms with E-state index in [1.54, 1.807) is 29.1 Å². The Labute approximate surface area is 149 Å². The van der Waals surface area contributed by atoms with Crippen molar-refractivity contribution < 1.29 is 9.59 Å². The Balaban J connectivity index is 1.69. The summed E-state index contributed by atoms with van der Waals surface area (Å²) in [6.07, 6.45) is 3.95. The van der Waals surface area contributed by atoms with Crippen LogP contribution in [0.15, 0.2) is 12.3 Å². The molecule has 0 spiro atoms. The third kappa shape index (κ3) is 3.76. The van der Waals surface area contributed by atoms with Gasteiger partial charge in [0.25, 0.3) is 5.91 Å². The lowest BCUT2D eigenvalue weighted by Gasteiger charge is -2.34. The zero-order chi connectivity index (χ0) is 18.0. The molecule has 2 aliphatic heterocycles. The molecule has 1 saturated heterocycles. The van der Waals surface area contributed by atoms with E-state index in [9.17, 15) is 9.59 Å². The number of aromatic nitrogens is 1. The standard InChI is InChI=1S/C18H27N5O2/c1-4-23-7-5-6-13(12-23)11-21(2)18(25)14-8-15-17(19-9-14)20-10-16(24)22(15)3/h8-9,13H,4-7,10-12H2,1-3H3,(H,19,20). The summed E-state index contributed by atoms with van der Waals surface area (Å²) in [5, 5.41) is 2.98. The smallest absolute Gasteiger partial charge is 0.255 e. The Hall–Kier alpha value is -2.15. The van der Waals surface area contributed by atoms with Gasteiger partial charge in [0.15, 0.2) is 0 Å². The van der Waals surface area contributed by atoms with Crippen LogP contribution in [0.4, 0.5) is 11.5 Å². The summed E-state index contributed by atoms with van der Waals surface area (Å²) in [7, 11) is 3.56. The molecule has 2 amide bonds. The lowest BCUT2D eigenvalue weighted by Crippen LogP contribution is -2.41. The van der Waals surface area contributed by atoms with Crippen molar-refractivity contribution in [2.24, 2.45) is 5.92 Å². The van der Waals surface area contributed by atoms with Crippen LogP contribution in [0.2, 0.25) is 0 Å². The number of piperidine rings is 1. The molecule has 0 aromatic carbocycles. The van der Waals surface area contributed by atoms with Gasteiger partial charge in [0.05, 0.1) is 17.8 Å². The molecule has 1 aromatic rings. The molecule has 0 bridgehead atoms. The largest absolute Gasteiger partial charge is 0.359 e. The summed E-state index contributed by atoms with van der Waals surface area (Å²) in [5.41, 5.74) is 1.18. The van der Waals surface area contributed by atoms with Crippen LogP contribution in [0, 0.1) is 5.92 Å². The number of fused-ring (bicyclic) bond motifs is 1. The van der Waals surface area contributed by atoms with Gasteiger partial charge in [-0.15, -0.1) is 0 Å². The Morgan fingerprint density at radius 3 is 3.04 bits per heavy atom. The molecule has 1 atom stereocenters. The fourth-order valence-corrected chi connectivity index (χ4v) is 3.65. The normalized spacial score (nSPS) is 20.8. The van der Waals surface area contributed by atoms with E-state index in [2.05, 4.69) is 22.1 Å². The lowest BCUT2D eigenvalue weighted by molar-refractivity contribution is -0.116. The van der Waals surface area contributed by atoms with Gasteiger partial charge in [0.2, 0.25) is 5.91 Å². The van der Waals surface area contributed by atoms with Gasteiger partial charge in [-0.2, -0.15) is 0 Å². The van der Waals surface area contributed by atoms with E-state index in [4.69, 9.17) is 0 Å². The molecule has 25 heavy (non-hydrogen) atoms. The average Bonchev–Trinajstić information content (AvgIpc) is 2.64. The van der Waals surface area contributed by atoms with Gasteiger partial charge in [-0.3, -0.25) is 9.59 Å². The second-order valence-corrected chi connectivity index (χ2v) is 6.99. The number of likely N-dealkylation sites (tertiary alicyclic amines) is 1. The molecule has 1 N–H and O–H groups in total. The predicted molar refractivity (Wildman–Crippen MR) is 97.9 cm³/mol. The van der Waals surface area contributed by atoms with E-state index in [1.807, 2.05) is 7.05 Å². The van der Waals surface area contributed by atoms with Gasteiger partial charge in [0.1, 0.15) is 5.82 Å². The monoisotopic (exact) mass is 345 g/mol. The summed E-state index contributed by atoms with van der Waals surface area (Å²) >= 11 is 0. The lowest BCUT2D eigenvalue weighted by atomic mass is 9.97. The number of nitrogens with zero attached hydrogens (tertiary/aromatic N) is 4. The highest BCUT2D eigenvalue weighted by Gasteiger charge is 2.25. The van der Waals surface area contributed by atoms with Crippen molar-refractivity contribution in [2.45, 2.75) is 19.8 Å². The summed E-state index contributed by atoms with van der Waals surface area (Å²) in [6, 6.07) is 1.75. The molecule has 1 fully saturated rings. The molecule has 2 aliphatic rings. The van der Waals surface area contributed by atoms with Crippen molar-refractivity contribution in [1.29, 1.82) is 0 Å². The van der Waals surface area contributed by atoms with E-state index in [0.717, 1.165) is 32.6 Å². The summed E-state index contributed by atoms with van der Waals surface area (Å²) in [4.78, 5) is 34.7. The second-order valence-electron chi connectivity index (χ2n) is 6.99. The van der Waals surface area contributed by atoms with Crippen molar-refractivity contribution in [3.05, 3.63) is 17.8 Å². The van der Waals surface area contributed by atoms with E-state index in [-0.39, 0.29) is 18.4 Å². The van der Waals surface area contributed by atoms with Crippen LogP contribution < -0.4 is 10.2 Å². The number of pyridine rings is 1. The molecule has 0 aliphatic carbocycles. The maximum absolute atomic E-state index is 12.8. The van der Waals surface area contributed by atoms with Crippen LogP contribution in [0.25, 0.3) is 0 Å². The molecular formula is C18H27N5O2. The second kappa shape index (κ2) is 7.39.